The fourth-order valence-electron chi connectivity index (χ4n) is 1.77. The number of hydrogen-bond donors (Lipinski definition) is 2. The largest absolute Gasteiger partial charge is 0.486 e. The molecular weight excluding hydrogens is 254 g/mol. The van der Waals surface area contributed by atoms with E-state index in [0.717, 1.165) is 17.1 Å². The van der Waals surface area contributed by atoms with Crippen molar-refractivity contribution in [3.8, 4) is 11.5 Å². The minimum atomic E-state index is 0.560. The van der Waals surface area contributed by atoms with Crippen molar-refractivity contribution in [3.63, 3.8) is 0 Å². The van der Waals surface area contributed by atoms with E-state index in [1.807, 2.05) is 12.1 Å². The summed E-state index contributed by atoms with van der Waals surface area (Å²) in [5.74, 6) is 1.41. The Morgan fingerprint density at radius 3 is 2.78 bits per heavy atom. The summed E-state index contributed by atoms with van der Waals surface area (Å²) in [6.07, 6.45) is 1.71. The van der Waals surface area contributed by atoms with Crippen molar-refractivity contribution >= 4 is 17.3 Å². The monoisotopic (exact) mass is 265 g/mol. The first kappa shape index (κ1) is 11.2. The predicted molar refractivity (Wildman–Crippen MR) is 68.4 cm³/mol. The lowest BCUT2D eigenvalue weighted by atomic mass is 10.2. The van der Waals surface area contributed by atoms with Crippen molar-refractivity contribution in [1.82, 2.24) is 10.2 Å². The molecule has 0 atom stereocenters. The van der Waals surface area contributed by atoms with Gasteiger partial charge in [0.2, 0.25) is 0 Å². The number of H-pyrrole nitrogens is 1. The Kier molecular flexibility index (Phi) is 2.98. The molecule has 2 aromatic rings. The molecule has 18 heavy (non-hydrogen) atoms. The van der Waals surface area contributed by atoms with Crippen molar-refractivity contribution in [2.24, 2.45) is 0 Å². The second-order valence-electron chi connectivity index (χ2n) is 3.91. The molecule has 0 amide bonds. The summed E-state index contributed by atoms with van der Waals surface area (Å²) in [6.45, 7) is 1.75. The number of anilines is 1. The number of rotatable bonds is 3. The smallest absolute Gasteiger partial charge is 0.163 e. The van der Waals surface area contributed by atoms with Crippen LogP contribution in [-0.2, 0) is 6.54 Å². The van der Waals surface area contributed by atoms with Crippen molar-refractivity contribution in [2.75, 3.05) is 18.5 Å². The minimum absolute atomic E-state index is 0.560. The average Bonchev–Trinajstić information content (AvgIpc) is 2.89. The molecule has 0 saturated carbocycles. The molecule has 1 aliphatic rings. The van der Waals surface area contributed by atoms with Gasteiger partial charge in [-0.25, -0.2) is 0 Å². The third-order valence-corrected chi connectivity index (χ3v) is 2.97. The zero-order chi connectivity index (χ0) is 12.4. The fraction of sp³-hybridized carbons (Fsp3) is 0.250. The molecule has 3 rings (SSSR count). The molecular formula is C12H12ClN3O2. The van der Waals surface area contributed by atoms with Crippen molar-refractivity contribution in [3.05, 3.63) is 35.1 Å². The van der Waals surface area contributed by atoms with Gasteiger partial charge in [-0.2, -0.15) is 5.10 Å². The van der Waals surface area contributed by atoms with Gasteiger partial charge in [-0.15, -0.1) is 0 Å². The molecule has 0 unspecified atom stereocenters. The molecule has 0 bridgehead atoms. The van der Waals surface area contributed by atoms with Crippen LogP contribution in [-0.4, -0.2) is 23.4 Å². The first-order chi connectivity index (χ1) is 8.83. The Balaban J connectivity index is 1.79. The van der Waals surface area contributed by atoms with Crippen LogP contribution in [0.2, 0.25) is 5.02 Å². The van der Waals surface area contributed by atoms with Crippen LogP contribution in [0.3, 0.4) is 0 Å². The van der Waals surface area contributed by atoms with Crippen LogP contribution < -0.4 is 14.8 Å². The van der Waals surface area contributed by atoms with Gasteiger partial charge < -0.3 is 14.8 Å². The zero-order valence-electron chi connectivity index (χ0n) is 9.57. The highest BCUT2D eigenvalue weighted by atomic mass is 35.5. The lowest BCUT2D eigenvalue weighted by Gasteiger charge is -2.20. The van der Waals surface area contributed by atoms with E-state index in [0.29, 0.717) is 30.5 Å². The average molecular weight is 266 g/mol. The molecule has 6 heteroatoms. The van der Waals surface area contributed by atoms with Gasteiger partial charge in [0.1, 0.15) is 13.2 Å². The highest BCUT2D eigenvalue weighted by Gasteiger charge is 2.14. The summed E-state index contributed by atoms with van der Waals surface area (Å²) >= 11 is 6.18. The highest BCUT2D eigenvalue weighted by Crippen LogP contribution is 2.37. The number of nitrogens with one attached hydrogen (secondary N) is 2. The summed E-state index contributed by atoms with van der Waals surface area (Å²) in [4.78, 5) is 0. The summed E-state index contributed by atoms with van der Waals surface area (Å²) in [7, 11) is 0. The number of aromatic nitrogens is 2. The van der Waals surface area contributed by atoms with E-state index in [1.54, 1.807) is 12.3 Å². The molecule has 1 aromatic carbocycles. The van der Waals surface area contributed by atoms with E-state index >= 15 is 0 Å². The van der Waals surface area contributed by atoms with Crippen LogP contribution in [0.15, 0.2) is 24.4 Å². The third kappa shape index (κ3) is 2.22. The van der Waals surface area contributed by atoms with Gasteiger partial charge in [-0.3, -0.25) is 5.10 Å². The Hall–Kier alpha value is -1.88. The van der Waals surface area contributed by atoms with Gasteiger partial charge in [0.05, 0.1) is 22.9 Å². The van der Waals surface area contributed by atoms with Gasteiger partial charge >= 0.3 is 0 Å². The standard InChI is InChI=1S/C12H12ClN3O2/c13-9-5-11-12(18-4-3-17-11)6-10(9)14-7-8-1-2-15-16-8/h1-2,5-6,14H,3-4,7H2,(H,15,16). The maximum absolute atomic E-state index is 6.18. The maximum Gasteiger partial charge on any atom is 0.163 e. The number of hydrogen-bond acceptors (Lipinski definition) is 4. The molecule has 5 nitrogen and oxygen atoms in total. The molecule has 1 aromatic heterocycles. The Morgan fingerprint density at radius 1 is 1.28 bits per heavy atom. The highest BCUT2D eigenvalue weighted by molar-refractivity contribution is 6.33. The van der Waals surface area contributed by atoms with Crippen LogP contribution in [0.1, 0.15) is 5.69 Å². The van der Waals surface area contributed by atoms with E-state index in [-0.39, 0.29) is 0 Å². The quantitative estimate of drug-likeness (QED) is 0.895. The molecule has 0 fully saturated rings. The lowest BCUT2D eigenvalue weighted by molar-refractivity contribution is 0.171. The summed E-state index contributed by atoms with van der Waals surface area (Å²) in [6, 6.07) is 5.53. The molecule has 2 heterocycles. The first-order valence-corrected chi connectivity index (χ1v) is 6.02. The Morgan fingerprint density at radius 2 is 2.06 bits per heavy atom. The summed E-state index contributed by atoms with van der Waals surface area (Å²) in [5, 5.41) is 10.6. The second kappa shape index (κ2) is 4.78. The molecule has 0 radical (unpaired) electrons. The van der Waals surface area contributed by atoms with Crippen molar-refractivity contribution < 1.29 is 9.47 Å². The molecule has 2 N–H and O–H groups in total. The number of fused-ring (bicyclic) bond motifs is 1. The van der Waals surface area contributed by atoms with Gasteiger partial charge in [0, 0.05) is 18.3 Å². The molecule has 0 aliphatic carbocycles. The van der Waals surface area contributed by atoms with E-state index in [9.17, 15) is 0 Å². The predicted octanol–water partition coefficient (Wildman–Crippen LogP) is 2.45. The SMILES string of the molecule is Clc1cc2c(cc1NCc1ccn[nH]1)OCCO2. The number of benzene rings is 1. The Bertz CT molecular complexity index is 543. The first-order valence-electron chi connectivity index (χ1n) is 5.64. The number of aromatic amines is 1. The normalized spacial score (nSPS) is 13.4. The van der Waals surface area contributed by atoms with E-state index in [2.05, 4.69) is 15.5 Å². The number of ether oxygens (including phenoxy) is 2. The second-order valence-corrected chi connectivity index (χ2v) is 4.32. The minimum Gasteiger partial charge on any atom is -0.486 e. The number of nitrogens with zero attached hydrogens (tertiary/aromatic N) is 1. The van der Waals surface area contributed by atoms with Crippen LogP contribution in [0.25, 0.3) is 0 Å². The van der Waals surface area contributed by atoms with Gasteiger partial charge in [-0.1, -0.05) is 11.6 Å². The fourth-order valence-corrected chi connectivity index (χ4v) is 1.99. The van der Waals surface area contributed by atoms with Crippen LogP contribution in [0.5, 0.6) is 11.5 Å². The van der Waals surface area contributed by atoms with Crippen molar-refractivity contribution in [1.29, 1.82) is 0 Å². The molecule has 0 spiro atoms. The topological polar surface area (TPSA) is 59.2 Å². The number of halogens is 1. The Labute approximate surface area is 109 Å². The van der Waals surface area contributed by atoms with Crippen LogP contribution in [0, 0.1) is 0 Å². The van der Waals surface area contributed by atoms with Crippen molar-refractivity contribution in [2.45, 2.75) is 6.54 Å². The van der Waals surface area contributed by atoms with E-state index < -0.39 is 0 Å². The third-order valence-electron chi connectivity index (χ3n) is 2.66. The van der Waals surface area contributed by atoms with Gasteiger partial charge in [0.15, 0.2) is 11.5 Å². The molecule has 0 saturated heterocycles. The zero-order valence-corrected chi connectivity index (χ0v) is 10.3. The van der Waals surface area contributed by atoms with Gasteiger partial charge in [0.25, 0.3) is 0 Å². The van der Waals surface area contributed by atoms with Crippen LogP contribution >= 0.6 is 11.6 Å². The van der Waals surface area contributed by atoms with Crippen LogP contribution in [0.4, 0.5) is 5.69 Å². The summed E-state index contributed by atoms with van der Waals surface area (Å²) in [5.41, 5.74) is 1.80. The molecule has 94 valence electrons. The molecule has 1 aliphatic heterocycles. The maximum atomic E-state index is 6.18. The lowest BCUT2D eigenvalue weighted by Crippen LogP contribution is -2.15. The van der Waals surface area contributed by atoms with E-state index in [1.165, 1.54) is 0 Å². The van der Waals surface area contributed by atoms with E-state index in [4.69, 9.17) is 21.1 Å². The summed E-state index contributed by atoms with van der Waals surface area (Å²) < 4.78 is 11.0. The van der Waals surface area contributed by atoms with Gasteiger partial charge in [-0.05, 0) is 6.07 Å².